The number of carbonyl (C=O) groups is 2. The number of rotatable bonds is 6. The van der Waals surface area contributed by atoms with E-state index in [9.17, 15) is 9.59 Å². The molecule has 1 amide bonds. The van der Waals surface area contributed by atoms with Crippen LogP contribution in [-0.4, -0.2) is 34.5 Å². The van der Waals surface area contributed by atoms with Gasteiger partial charge >= 0.3 is 5.97 Å². The molecule has 128 valence electrons. The molecule has 4 rings (SSSR count). The smallest absolute Gasteiger partial charge is 0.327 e. The Morgan fingerprint density at radius 3 is 2.46 bits per heavy atom. The first-order chi connectivity index (χ1) is 11.6. The Labute approximate surface area is 143 Å². The standard InChI is InChI=1S/C20H25NO3/c22-19(21-14-16-6-9-18(21)10-7-16)13-17(8-11-20(23)24)12-15-4-2-1-3-5-15/h1-5,8,11,16-18H,6-7,9-10,12-14H2,(H,23,24)/t16?,17-,18?/m0/s1. The third kappa shape index (κ3) is 4.25. The molecule has 1 aromatic rings. The van der Waals surface area contributed by atoms with Gasteiger partial charge in [-0.1, -0.05) is 36.4 Å². The van der Waals surface area contributed by atoms with E-state index in [0.717, 1.165) is 24.9 Å². The molecule has 4 heteroatoms. The number of nitrogens with zero attached hydrogens (tertiary/aromatic N) is 1. The number of hydrogen-bond acceptors (Lipinski definition) is 2. The second-order valence-electron chi connectivity index (χ2n) is 7.07. The van der Waals surface area contributed by atoms with E-state index in [0.29, 0.717) is 24.8 Å². The van der Waals surface area contributed by atoms with Gasteiger partial charge in [-0.2, -0.15) is 0 Å². The molecule has 3 aliphatic rings. The fourth-order valence-electron chi connectivity index (χ4n) is 4.06. The molecule has 0 spiro atoms. The first-order valence-corrected chi connectivity index (χ1v) is 8.86. The minimum atomic E-state index is -0.961. The zero-order chi connectivity index (χ0) is 16.9. The van der Waals surface area contributed by atoms with Crippen LogP contribution in [0, 0.1) is 11.8 Å². The Bertz CT molecular complexity index is 603. The van der Waals surface area contributed by atoms with Crippen LogP contribution in [0.1, 0.15) is 37.7 Å². The van der Waals surface area contributed by atoms with Crippen molar-refractivity contribution in [2.45, 2.75) is 44.6 Å². The number of hydrogen-bond donors (Lipinski definition) is 1. The Morgan fingerprint density at radius 2 is 1.88 bits per heavy atom. The van der Waals surface area contributed by atoms with Gasteiger partial charge in [-0.3, -0.25) is 4.79 Å². The Balaban J connectivity index is 1.66. The van der Waals surface area contributed by atoms with Crippen LogP contribution in [0.15, 0.2) is 42.5 Å². The topological polar surface area (TPSA) is 57.6 Å². The summed E-state index contributed by atoms with van der Waals surface area (Å²) in [6.07, 6.45) is 8.69. The van der Waals surface area contributed by atoms with Crippen molar-refractivity contribution >= 4 is 11.9 Å². The molecule has 24 heavy (non-hydrogen) atoms. The van der Waals surface area contributed by atoms with Crippen molar-refractivity contribution in [1.82, 2.24) is 4.90 Å². The highest BCUT2D eigenvalue weighted by atomic mass is 16.4. The zero-order valence-electron chi connectivity index (χ0n) is 13.9. The molecule has 1 aromatic carbocycles. The quantitative estimate of drug-likeness (QED) is 0.816. The van der Waals surface area contributed by atoms with Crippen molar-refractivity contribution in [2.75, 3.05) is 6.54 Å². The van der Waals surface area contributed by atoms with E-state index in [1.807, 2.05) is 30.3 Å². The van der Waals surface area contributed by atoms with Gasteiger partial charge in [0.25, 0.3) is 0 Å². The molecule has 4 nitrogen and oxygen atoms in total. The maximum Gasteiger partial charge on any atom is 0.327 e. The monoisotopic (exact) mass is 327 g/mol. The van der Waals surface area contributed by atoms with E-state index in [1.54, 1.807) is 6.08 Å². The molecule has 1 atom stereocenters. The van der Waals surface area contributed by atoms with Gasteiger partial charge in [0.1, 0.15) is 0 Å². The molecule has 3 fully saturated rings. The predicted molar refractivity (Wildman–Crippen MR) is 92.5 cm³/mol. The molecule has 2 bridgehead atoms. The zero-order valence-corrected chi connectivity index (χ0v) is 13.9. The van der Waals surface area contributed by atoms with Gasteiger partial charge in [0.2, 0.25) is 5.91 Å². The molecule has 2 aliphatic heterocycles. The maximum absolute atomic E-state index is 12.8. The normalized spacial score (nSPS) is 24.2. The number of benzene rings is 1. The lowest BCUT2D eigenvalue weighted by molar-refractivity contribution is -0.139. The number of piperidine rings is 2. The maximum atomic E-state index is 12.8. The molecule has 1 aliphatic carbocycles. The molecule has 1 saturated carbocycles. The number of aliphatic carboxylic acids is 1. The van der Waals surface area contributed by atoms with Crippen LogP contribution in [-0.2, 0) is 16.0 Å². The summed E-state index contributed by atoms with van der Waals surface area (Å²) in [7, 11) is 0. The SMILES string of the molecule is O=C(O)C=C[C@H](CC(=O)N1CC2CCC1CC2)Cc1ccccc1. The highest BCUT2D eigenvalue weighted by molar-refractivity contribution is 5.80. The minimum absolute atomic E-state index is 0.0727. The Morgan fingerprint density at radius 1 is 1.17 bits per heavy atom. The summed E-state index contributed by atoms with van der Waals surface area (Å²) in [5, 5.41) is 8.92. The van der Waals surface area contributed by atoms with Crippen molar-refractivity contribution in [3.05, 3.63) is 48.0 Å². The van der Waals surface area contributed by atoms with Gasteiger partial charge < -0.3 is 10.0 Å². The van der Waals surface area contributed by atoms with Crippen LogP contribution in [0.4, 0.5) is 0 Å². The number of carboxylic acid groups (broad SMARTS) is 1. The van der Waals surface area contributed by atoms with Gasteiger partial charge in [-0.05, 0) is 49.5 Å². The molecule has 2 saturated heterocycles. The summed E-state index contributed by atoms with van der Waals surface area (Å²) >= 11 is 0. The molecule has 0 aromatic heterocycles. The van der Waals surface area contributed by atoms with E-state index < -0.39 is 5.97 Å². The fraction of sp³-hybridized carbons (Fsp3) is 0.500. The Kier molecular flexibility index (Phi) is 5.34. The van der Waals surface area contributed by atoms with Gasteiger partial charge in [-0.25, -0.2) is 4.79 Å². The first kappa shape index (κ1) is 16.7. The first-order valence-electron chi connectivity index (χ1n) is 8.86. The lowest BCUT2D eigenvalue weighted by atomic mass is 9.79. The number of allylic oxidation sites excluding steroid dienone is 1. The minimum Gasteiger partial charge on any atom is -0.478 e. The van der Waals surface area contributed by atoms with E-state index in [4.69, 9.17) is 5.11 Å². The molecule has 0 radical (unpaired) electrons. The van der Waals surface area contributed by atoms with Crippen LogP contribution in [0.5, 0.6) is 0 Å². The largest absolute Gasteiger partial charge is 0.478 e. The van der Waals surface area contributed by atoms with Crippen LogP contribution in [0.3, 0.4) is 0 Å². The summed E-state index contributed by atoms with van der Waals surface area (Å²) < 4.78 is 0. The van der Waals surface area contributed by atoms with E-state index in [1.165, 1.54) is 18.9 Å². The number of carboxylic acids is 1. The van der Waals surface area contributed by atoms with Gasteiger partial charge in [0.15, 0.2) is 0 Å². The molecular formula is C20H25NO3. The highest BCUT2D eigenvalue weighted by Crippen LogP contribution is 2.35. The summed E-state index contributed by atoms with van der Waals surface area (Å²) in [5.74, 6) is -0.185. The summed E-state index contributed by atoms with van der Waals surface area (Å²) in [6, 6.07) is 10.4. The highest BCUT2D eigenvalue weighted by Gasteiger charge is 2.36. The second kappa shape index (κ2) is 7.65. The lowest BCUT2D eigenvalue weighted by Crippen LogP contribution is -2.51. The summed E-state index contributed by atoms with van der Waals surface area (Å²) in [5.41, 5.74) is 1.13. The summed E-state index contributed by atoms with van der Waals surface area (Å²) in [4.78, 5) is 25.7. The number of amides is 1. The second-order valence-corrected chi connectivity index (χ2v) is 7.07. The van der Waals surface area contributed by atoms with Crippen molar-refractivity contribution in [3.8, 4) is 0 Å². The average molecular weight is 327 g/mol. The summed E-state index contributed by atoms with van der Waals surface area (Å²) in [6.45, 7) is 0.893. The predicted octanol–water partition coefficient (Wildman–Crippen LogP) is 3.28. The van der Waals surface area contributed by atoms with Crippen molar-refractivity contribution < 1.29 is 14.7 Å². The van der Waals surface area contributed by atoms with Gasteiger partial charge in [0, 0.05) is 25.1 Å². The van der Waals surface area contributed by atoms with Crippen molar-refractivity contribution in [2.24, 2.45) is 11.8 Å². The number of fused-ring (bicyclic) bond motifs is 3. The van der Waals surface area contributed by atoms with Crippen LogP contribution in [0.25, 0.3) is 0 Å². The molecule has 1 N–H and O–H groups in total. The van der Waals surface area contributed by atoms with Crippen LogP contribution >= 0.6 is 0 Å². The van der Waals surface area contributed by atoms with E-state index >= 15 is 0 Å². The average Bonchev–Trinajstić information content (AvgIpc) is 2.61. The molecule has 2 heterocycles. The molecule has 0 unspecified atom stereocenters. The van der Waals surface area contributed by atoms with E-state index in [-0.39, 0.29) is 11.8 Å². The van der Waals surface area contributed by atoms with Crippen LogP contribution in [0.2, 0.25) is 0 Å². The molecular weight excluding hydrogens is 302 g/mol. The van der Waals surface area contributed by atoms with Gasteiger partial charge in [0.05, 0.1) is 0 Å². The van der Waals surface area contributed by atoms with Crippen molar-refractivity contribution in [1.29, 1.82) is 0 Å². The Hall–Kier alpha value is -2.10. The van der Waals surface area contributed by atoms with Gasteiger partial charge in [-0.15, -0.1) is 0 Å². The van der Waals surface area contributed by atoms with Crippen LogP contribution < -0.4 is 0 Å². The third-order valence-corrected chi connectivity index (χ3v) is 5.32. The third-order valence-electron chi connectivity index (χ3n) is 5.32. The van der Waals surface area contributed by atoms with E-state index in [2.05, 4.69) is 4.90 Å². The lowest BCUT2D eigenvalue weighted by Gasteiger charge is -2.45. The van der Waals surface area contributed by atoms with Crippen molar-refractivity contribution in [3.63, 3.8) is 0 Å². The fourth-order valence-corrected chi connectivity index (χ4v) is 4.06. The number of carbonyl (C=O) groups excluding carboxylic acids is 1.